The SMILES string of the molecule is O=C(CN1C(=O)COc2ccc(/C=C3\SC(=O)NC3=O)cc21)NCc1ccccc1. The van der Waals surface area contributed by atoms with Gasteiger partial charge in [0.05, 0.1) is 10.6 Å². The smallest absolute Gasteiger partial charge is 0.290 e. The number of amides is 4. The molecule has 152 valence electrons. The number of imide groups is 1. The minimum Gasteiger partial charge on any atom is -0.482 e. The maximum Gasteiger partial charge on any atom is 0.290 e. The van der Waals surface area contributed by atoms with Crippen molar-refractivity contribution in [2.75, 3.05) is 18.1 Å². The van der Waals surface area contributed by atoms with E-state index < -0.39 is 11.1 Å². The zero-order chi connectivity index (χ0) is 21.1. The first-order valence-corrected chi connectivity index (χ1v) is 9.94. The first kappa shape index (κ1) is 19.7. The number of fused-ring (bicyclic) bond motifs is 1. The van der Waals surface area contributed by atoms with E-state index in [-0.39, 0.29) is 29.9 Å². The third-order valence-corrected chi connectivity index (χ3v) is 5.31. The van der Waals surface area contributed by atoms with Crippen molar-refractivity contribution in [1.29, 1.82) is 0 Å². The molecule has 2 aliphatic heterocycles. The second kappa shape index (κ2) is 8.42. The molecule has 30 heavy (non-hydrogen) atoms. The number of hydrogen-bond acceptors (Lipinski definition) is 6. The van der Waals surface area contributed by atoms with Gasteiger partial charge in [-0.1, -0.05) is 36.4 Å². The molecule has 8 nitrogen and oxygen atoms in total. The van der Waals surface area contributed by atoms with Crippen LogP contribution in [0.4, 0.5) is 10.5 Å². The zero-order valence-electron chi connectivity index (χ0n) is 15.7. The maximum atomic E-state index is 12.4. The van der Waals surface area contributed by atoms with Crippen molar-refractivity contribution in [3.63, 3.8) is 0 Å². The average molecular weight is 423 g/mol. The predicted molar refractivity (Wildman–Crippen MR) is 112 cm³/mol. The molecule has 2 aromatic carbocycles. The summed E-state index contributed by atoms with van der Waals surface area (Å²) < 4.78 is 5.46. The highest BCUT2D eigenvalue weighted by Crippen LogP contribution is 2.34. The second-order valence-electron chi connectivity index (χ2n) is 6.61. The Bertz CT molecular complexity index is 1070. The molecular weight excluding hydrogens is 406 g/mol. The van der Waals surface area contributed by atoms with Gasteiger partial charge in [0.1, 0.15) is 12.3 Å². The number of carbonyl (C=O) groups excluding carboxylic acids is 4. The van der Waals surface area contributed by atoms with Crippen LogP contribution in [0, 0.1) is 0 Å². The summed E-state index contributed by atoms with van der Waals surface area (Å²) in [6, 6.07) is 14.5. The molecule has 0 radical (unpaired) electrons. The summed E-state index contributed by atoms with van der Waals surface area (Å²) >= 11 is 0.808. The van der Waals surface area contributed by atoms with E-state index in [2.05, 4.69) is 10.6 Å². The van der Waals surface area contributed by atoms with Gasteiger partial charge in [0.2, 0.25) is 5.91 Å². The van der Waals surface area contributed by atoms with Gasteiger partial charge in [0, 0.05) is 6.54 Å². The molecule has 0 unspecified atom stereocenters. The van der Waals surface area contributed by atoms with Gasteiger partial charge in [-0.25, -0.2) is 0 Å². The number of ether oxygens (including phenoxy) is 1. The Kier molecular flexibility index (Phi) is 5.53. The van der Waals surface area contributed by atoms with E-state index in [1.165, 1.54) is 4.90 Å². The van der Waals surface area contributed by atoms with E-state index >= 15 is 0 Å². The number of nitrogens with one attached hydrogen (secondary N) is 2. The van der Waals surface area contributed by atoms with Crippen molar-refractivity contribution in [1.82, 2.24) is 10.6 Å². The van der Waals surface area contributed by atoms with Crippen LogP contribution in [0.5, 0.6) is 5.75 Å². The molecule has 4 amide bonds. The zero-order valence-corrected chi connectivity index (χ0v) is 16.5. The second-order valence-corrected chi connectivity index (χ2v) is 7.63. The molecule has 4 rings (SSSR count). The standard InChI is InChI=1S/C21H17N3O5S/c25-18(22-10-13-4-2-1-3-5-13)11-24-15-8-14(6-7-16(15)29-12-19(24)26)9-17-20(27)23-21(28)30-17/h1-9H,10-12H2,(H,22,25)(H,23,27,28)/b17-9-. The topological polar surface area (TPSA) is 105 Å². The Morgan fingerprint density at radius 1 is 1.17 bits per heavy atom. The number of anilines is 1. The molecule has 9 heteroatoms. The summed E-state index contributed by atoms with van der Waals surface area (Å²) in [4.78, 5) is 49.6. The Balaban J connectivity index is 1.51. The molecular formula is C21H17N3O5S. The quantitative estimate of drug-likeness (QED) is 0.714. The highest BCUT2D eigenvalue weighted by Gasteiger charge is 2.28. The fraction of sp³-hybridized carbons (Fsp3) is 0.143. The van der Waals surface area contributed by atoms with E-state index in [0.29, 0.717) is 23.5 Å². The summed E-state index contributed by atoms with van der Waals surface area (Å²) in [7, 11) is 0. The van der Waals surface area contributed by atoms with Crippen LogP contribution >= 0.6 is 11.8 Å². The van der Waals surface area contributed by atoms with Crippen LogP contribution in [0.1, 0.15) is 11.1 Å². The van der Waals surface area contributed by atoms with Gasteiger partial charge in [0.25, 0.3) is 17.1 Å². The number of hydrogen-bond donors (Lipinski definition) is 2. The molecule has 0 spiro atoms. The van der Waals surface area contributed by atoms with Crippen molar-refractivity contribution in [3.05, 3.63) is 64.6 Å². The number of rotatable bonds is 5. The van der Waals surface area contributed by atoms with Crippen LogP contribution in [0.15, 0.2) is 53.4 Å². The fourth-order valence-corrected chi connectivity index (χ4v) is 3.73. The lowest BCUT2D eigenvalue weighted by atomic mass is 10.1. The molecule has 0 aliphatic carbocycles. The minimum atomic E-state index is -0.466. The molecule has 2 N–H and O–H groups in total. The van der Waals surface area contributed by atoms with E-state index in [1.54, 1.807) is 24.3 Å². The van der Waals surface area contributed by atoms with Gasteiger partial charge in [-0.05, 0) is 41.1 Å². The minimum absolute atomic E-state index is 0.157. The van der Waals surface area contributed by atoms with Crippen molar-refractivity contribution >= 4 is 46.5 Å². The number of nitrogens with zero attached hydrogens (tertiary/aromatic N) is 1. The molecule has 2 aliphatic rings. The Morgan fingerprint density at radius 3 is 2.70 bits per heavy atom. The maximum absolute atomic E-state index is 12.4. The molecule has 2 heterocycles. The lowest BCUT2D eigenvalue weighted by molar-refractivity contribution is -0.125. The van der Waals surface area contributed by atoms with E-state index in [1.807, 2.05) is 30.3 Å². The summed E-state index contributed by atoms with van der Waals surface area (Å²) in [5, 5.41) is 4.56. The summed E-state index contributed by atoms with van der Waals surface area (Å²) in [5.41, 5.74) is 2.00. The summed E-state index contributed by atoms with van der Waals surface area (Å²) in [6.45, 7) is 0.0412. The number of benzene rings is 2. The molecule has 1 fully saturated rings. The van der Waals surface area contributed by atoms with Gasteiger partial charge >= 0.3 is 0 Å². The number of carbonyl (C=O) groups is 4. The van der Waals surface area contributed by atoms with Crippen LogP contribution in [0.25, 0.3) is 6.08 Å². The van der Waals surface area contributed by atoms with E-state index in [4.69, 9.17) is 4.74 Å². The lowest BCUT2D eigenvalue weighted by Crippen LogP contribution is -2.45. The monoisotopic (exact) mass is 423 g/mol. The van der Waals surface area contributed by atoms with Crippen LogP contribution in [0.2, 0.25) is 0 Å². The molecule has 2 aromatic rings. The molecule has 0 atom stereocenters. The Hall–Kier alpha value is -3.59. The highest BCUT2D eigenvalue weighted by molar-refractivity contribution is 8.18. The van der Waals surface area contributed by atoms with Gasteiger partial charge < -0.3 is 10.1 Å². The van der Waals surface area contributed by atoms with Gasteiger partial charge in [-0.3, -0.25) is 29.4 Å². The molecule has 0 aromatic heterocycles. The van der Waals surface area contributed by atoms with E-state index in [0.717, 1.165) is 17.3 Å². The van der Waals surface area contributed by atoms with Crippen molar-refractivity contribution in [2.24, 2.45) is 0 Å². The van der Waals surface area contributed by atoms with Crippen LogP contribution in [0.3, 0.4) is 0 Å². The normalized spacial score (nSPS) is 16.9. The summed E-state index contributed by atoms with van der Waals surface area (Å²) in [5.74, 6) is -0.648. The van der Waals surface area contributed by atoms with Crippen LogP contribution in [-0.4, -0.2) is 36.1 Å². The van der Waals surface area contributed by atoms with Crippen molar-refractivity contribution in [2.45, 2.75) is 6.54 Å². The molecule has 0 bridgehead atoms. The Labute approximate surface area is 176 Å². The van der Waals surface area contributed by atoms with Crippen molar-refractivity contribution in [3.8, 4) is 5.75 Å². The third-order valence-electron chi connectivity index (χ3n) is 4.50. The van der Waals surface area contributed by atoms with Gasteiger partial charge in [0.15, 0.2) is 6.61 Å². The fourth-order valence-electron chi connectivity index (χ4n) is 3.05. The van der Waals surface area contributed by atoms with Crippen molar-refractivity contribution < 1.29 is 23.9 Å². The Morgan fingerprint density at radius 2 is 1.97 bits per heavy atom. The highest BCUT2D eigenvalue weighted by atomic mass is 32.2. The number of thioether (sulfide) groups is 1. The van der Waals surface area contributed by atoms with E-state index in [9.17, 15) is 19.2 Å². The van der Waals surface area contributed by atoms with Gasteiger partial charge in [-0.15, -0.1) is 0 Å². The summed E-state index contributed by atoms with van der Waals surface area (Å²) in [6.07, 6.45) is 1.55. The lowest BCUT2D eigenvalue weighted by Gasteiger charge is -2.29. The average Bonchev–Trinajstić information content (AvgIpc) is 3.06. The van der Waals surface area contributed by atoms with Crippen LogP contribution in [-0.2, 0) is 20.9 Å². The first-order chi connectivity index (χ1) is 14.5. The predicted octanol–water partition coefficient (Wildman–Crippen LogP) is 2.05. The van der Waals surface area contributed by atoms with Gasteiger partial charge in [-0.2, -0.15) is 0 Å². The largest absolute Gasteiger partial charge is 0.482 e. The molecule has 0 saturated carbocycles. The van der Waals surface area contributed by atoms with Crippen LogP contribution < -0.4 is 20.3 Å². The molecule has 1 saturated heterocycles. The third kappa shape index (κ3) is 4.36. The first-order valence-electron chi connectivity index (χ1n) is 9.12.